The van der Waals surface area contributed by atoms with Crippen molar-refractivity contribution >= 4 is 23.3 Å². The van der Waals surface area contributed by atoms with E-state index in [-0.39, 0.29) is 17.4 Å². The zero-order valence-corrected chi connectivity index (χ0v) is 20.2. The molecule has 1 aromatic heterocycles. The maximum Gasteiger partial charge on any atom is 0.271 e. The van der Waals surface area contributed by atoms with Gasteiger partial charge in [-0.15, -0.1) is 5.10 Å². The standard InChI is InChI=1S/C26H29ClN4O3/c1-3-34-22-10-7-19(8-11-22)16-28-26(33)20-5-4-14-30(17-20)24-12-13-25(32)31(29-24)21-9-6-18(2)23(27)15-21/h6-13,15,20H,3-5,14,16-17H2,1-2H3,(H,28,33)/t20-/m0/s1. The number of carbonyl (C=O) groups excluding carboxylic acids is 1. The molecule has 1 atom stereocenters. The molecule has 178 valence electrons. The molecule has 1 fully saturated rings. The lowest BCUT2D eigenvalue weighted by molar-refractivity contribution is -0.125. The highest BCUT2D eigenvalue weighted by Crippen LogP contribution is 2.23. The number of halogens is 1. The van der Waals surface area contributed by atoms with Crippen molar-refractivity contribution in [1.82, 2.24) is 15.1 Å². The number of amides is 1. The summed E-state index contributed by atoms with van der Waals surface area (Å²) in [6.45, 7) is 6.29. The minimum atomic E-state index is -0.231. The van der Waals surface area contributed by atoms with Gasteiger partial charge in [-0.25, -0.2) is 0 Å². The molecule has 8 heteroatoms. The Balaban J connectivity index is 1.42. The molecule has 34 heavy (non-hydrogen) atoms. The number of aryl methyl sites for hydroxylation is 1. The van der Waals surface area contributed by atoms with Gasteiger partial charge in [-0.2, -0.15) is 4.68 Å². The van der Waals surface area contributed by atoms with Gasteiger partial charge in [-0.1, -0.05) is 29.8 Å². The van der Waals surface area contributed by atoms with E-state index in [0.717, 1.165) is 36.3 Å². The Bertz CT molecular complexity index is 1210. The fraction of sp³-hybridized carbons (Fsp3) is 0.346. The van der Waals surface area contributed by atoms with Crippen molar-refractivity contribution in [2.75, 3.05) is 24.6 Å². The summed E-state index contributed by atoms with van der Waals surface area (Å²) >= 11 is 6.25. The number of nitrogens with one attached hydrogen (secondary N) is 1. The third-order valence-electron chi connectivity index (χ3n) is 6.00. The first kappa shape index (κ1) is 23.8. The maximum atomic E-state index is 12.9. The van der Waals surface area contributed by atoms with E-state index in [2.05, 4.69) is 15.3 Å². The van der Waals surface area contributed by atoms with Crippen molar-refractivity contribution in [3.63, 3.8) is 0 Å². The topological polar surface area (TPSA) is 76.5 Å². The summed E-state index contributed by atoms with van der Waals surface area (Å²) in [7, 11) is 0. The summed E-state index contributed by atoms with van der Waals surface area (Å²) in [5.41, 5.74) is 2.34. The molecular formula is C26H29ClN4O3. The van der Waals surface area contributed by atoms with Crippen molar-refractivity contribution in [2.45, 2.75) is 33.2 Å². The number of rotatable bonds is 7. The van der Waals surface area contributed by atoms with Gasteiger partial charge in [0.1, 0.15) is 11.6 Å². The van der Waals surface area contributed by atoms with Crippen molar-refractivity contribution in [1.29, 1.82) is 0 Å². The van der Waals surface area contributed by atoms with Crippen LogP contribution in [-0.2, 0) is 11.3 Å². The van der Waals surface area contributed by atoms with Gasteiger partial charge in [-0.05, 0) is 68.1 Å². The van der Waals surface area contributed by atoms with Crippen LogP contribution in [0.5, 0.6) is 5.75 Å². The smallest absolute Gasteiger partial charge is 0.271 e. The van der Waals surface area contributed by atoms with Crippen LogP contribution in [0.3, 0.4) is 0 Å². The molecule has 4 rings (SSSR count). The van der Waals surface area contributed by atoms with Crippen LogP contribution < -0.4 is 20.5 Å². The molecule has 0 unspecified atom stereocenters. The van der Waals surface area contributed by atoms with E-state index in [1.54, 1.807) is 12.1 Å². The van der Waals surface area contributed by atoms with E-state index in [4.69, 9.17) is 16.3 Å². The number of piperidine rings is 1. The minimum Gasteiger partial charge on any atom is -0.494 e. The number of ether oxygens (including phenoxy) is 1. The third-order valence-corrected chi connectivity index (χ3v) is 6.41. The van der Waals surface area contributed by atoms with Gasteiger partial charge in [0.05, 0.1) is 18.2 Å². The third kappa shape index (κ3) is 5.59. The summed E-state index contributed by atoms with van der Waals surface area (Å²) in [4.78, 5) is 27.4. The molecule has 1 aliphatic rings. The predicted octanol–water partition coefficient (Wildman–Crippen LogP) is 4.13. The summed E-state index contributed by atoms with van der Waals surface area (Å²) in [5, 5.41) is 8.21. The van der Waals surface area contributed by atoms with Crippen LogP contribution in [0.1, 0.15) is 30.9 Å². The quantitative estimate of drug-likeness (QED) is 0.550. The second kappa shape index (κ2) is 10.7. The molecule has 0 bridgehead atoms. The van der Waals surface area contributed by atoms with Crippen LogP contribution in [0.2, 0.25) is 5.02 Å². The number of aromatic nitrogens is 2. The van der Waals surface area contributed by atoms with Crippen molar-refractivity contribution in [3.05, 3.63) is 81.1 Å². The lowest BCUT2D eigenvalue weighted by Gasteiger charge is -2.33. The predicted molar refractivity (Wildman–Crippen MR) is 134 cm³/mol. The van der Waals surface area contributed by atoms with Crippen LogP contribution in [0, 0.1) is 12.8 Å². The monoisotopic (exact) mass is 480 g/mol. The Labute approximate surface area is 204 Å². The number of hydrogen-bond donors (Lipinski definition) is 1. The van der Waals surface area contributed by atoms with Gasteiger partial charge in [0.2, 0.25) is 5.91 Å². The Kier molecular flexibility index (Phi) is 7.53. The summed E-state index contributed by atoms with van der Waals surface area (Å²) in [5.74, 6) is 1.37. The Morgan fingerprint density at radius 3 is 2.71 bits per heavy atom. The minimum absolute atomic E-state index is 0.0252. The first-order valence-electron chi connectivity index (χ1n) is 11.6. The number of carbonyl (C=O) groups is 1. The zero-order valence-electron chi connectivity index (χ0n) is 19.5. The average molecular weight is 481 g/mol. The van der Waals surface area contributed by atoms with Crippen LogP contribution in [0.25, 0.3) is 5.69 Å². The van der Waals surface area contributed by atoms with Gasteiger partial charge in [-0.3, -0.25) is 9.59 Å². The van der Waals surface area contributed by atoms with Crippen LogP contribution >= 0.6 is 11.6 Å². The molecule has 2 heterocycles. The Morgan fingerprint density at radius 2 is 1.97 bits per heavy atom. The van der Waals surface area contributed by atoms with Crippen LogP contribution in [0.15, 0.2) is 59.4 Å². The SMILES string of the molecule is CCOc1ccc(CNC(=O)[C@H]2CCCN(c3ccc(=O)n(-c4ccc(C)c(Cl)c4)n3)C2)cc1. The van der Waals surface area contributed by atoms with Crippen molar-refractivity contribution in [3.8, 4) is 11.4 Å². The maximum absolute atomic E-state index is 12.9. The molecule has 0 saturated carbocycles. The molecule has 1 aliphatic heterocycles. The fourth-order valence-electron chi connectivity index (χ4n) is 4.07. The van der Waals surface area contributed by atoms with E-state index < -0.39 is 0 Å². The summed E-state index contributed by atoms with van der Waals surface area (Å²) < 4.78 is 6.82. The average Bonchev–Trinajstić information content (AvgIpc) is 2.86. The molecule has 2 aromatic carbocycles. The first-order chi connectivity index (χ1) is 16.4. The van der Waals surface area contributed by atoms with E-state index in [0.29, 0.717) is 36.2 Å². The highest BCUT2D eigenvalue weighted by atomic mass is 35.5. The molecule has 3 aromatic rings. The van der Waals surface area contributed by atoms with Gasteiger partial charge in [0.15, 0.2) is 0 Å². The largest absolute Gasteiger partial charge is 0.494 e. The lowest BCUT2D eigenvalue weighted by atomic mass is 9.97. The number of hydrogen-bond acceptors (Lipinski definition) is 5. The number of nitrogens with zero attached hydrogens (tertiary/aromatic N) is 3. The molecule has 1 N–H and O–H groups in total. The van der Waals surface area contributed by atoms with E-state index >= 15 is 0 Å². The summed E-state index contributed by atoms with van der Waals surface area (Å²) in [6, 6.07) is 16.4. The zero-order chi connectivity index (χ0) is 24.1. The van der Waals surface area contributed by atoms with Crippen LogP contribution in [-0.4, -0.2) is 35.4 Å². The van der Waals surface area contributed by atoms with E-state index in [9.17, 15) is 9.59 Å². The molecule has 0 radical (unpaired) electrons. The molecule has 7 nitrogen and oxygen atoms in total. The molecule has 1 saturated heterocycles. The second-order valence-corrected chi connectivity index (χ2v) is 8.86. The van der Waals surface area contributed by atoms with Gasteiger partial charge < -0.3 is 15.0 Å². The fourth-order valence-corrected chi connectivity index (χ4v) is 4.25. The molecule has 1 amide bonds. The Morgan fingerprint density at radius 1 is 1.18 bits per heavy atom. The molecule has 0 spiro atoms. The van der Waals surface area contributed by atoms with Crippen LogP contribution in [0.4, 0.5) is 5.82 Å². The Hall–Kier alpha value is -3.32. The van der Waals surface area contributed by atoms with E-state index in [1.807, 2.05) is 50.2 Å². The highest BCUT2D eigenvalue weighted by molar-refractivity contribution is 6.31. The normalized spacial score (nSPS) is 15.7. The van der Waals surface area contributed by atoms with Gasteiger partial charge in [0, 0.05) is 30.7 Å². The highest BCUT2D eigenvalue weighted by Gasteiger charge is 2.27. The molecular weight excluding hydrogens is 452 g/mol. The van der Waals surface area contributed by atoms with Gasteiger partial charge >= 0.3 is 0 Å². The van der Waals surface area contributed by atoms with Crippen molar-refractivity contribution < 1.29 is 9.53 Å². The van der Waals surface area contributed by atoms with Gasteiger partial charge in [0.25, 0.3) is 5.56 Å². The first-order valence-corrected chi connectivity index (χ1v) is 11.9. The summed E-state index contributed by atoms with van der Waals surface area (Å²) in [6.07, 6.45) is 1.69. The number of anilines is 1. The lowest BCUT2D eigenvalue weighted by Crippen LogP contribution is -2.43. The second-order valence-electron chi connectivity index (χ2n) is 8.45. The number of benzene rings is 2. The van der Waals surface area contributed by atoms with E-state index in [1.165, 1.54) is 10.7 Å². The van der Waals surface area contributed by atoms with Crippen molar-refractivity contribution in [2.24, 2.45) is 5.92 Å². The molecule has 0 aliphatic carbocycles.